The molecular formula is C17H14F3N3O. The first kappa shape index (κ1) is 15.0. The number of rotatable bonds is 3. The van der Waals surface area contributed by atoms with E-state index in [1.54, 1.807) is 0 Å². The van der Waals surface area contributed by atoms with Crippen molar-refractivity contribution in [1.29, 1.82) is 0 Å². The SMILES string of the molecule is FC(F)(F)c1cc(Nc2ccc([C@H]3OC4=C[C@@H]3NC4)cc2)ccn1. The summed E-state index contributed by atoms with van der Waals surface area (Å²) in [5.74, 6) is 0.962. The number of ether oxygens (including phenoxy) is 1. The van der Waals surface area contributed by atoms with Gasteiger partial charge < -0.3 is 10.1 Å². The Bertz CT molecular complexity index is 786. The maximum atomic E-state index is 12.7. The molecule has 2 N–H and O–H groups in total. The molecule has 2 aromatic rings. The van der Waals surface area contributed by atoms with Crippen LogP contribution >= 0.6 is 0 Å². The number of anilines is 2. The molecule has 24 heavy (non-hydrogen) atoms. The third-order valence-corrected chi connectivity index (χ3v) is 4.06. The van der Waals surface area contributed by atoms with Gasteiger partial charge in [-0.1, -0.05) is 12.1 Å². The summed E-state index contributed by atoms with van der Waals surface area (Å²) < 4.78 is 43.9. The fourth-order valence-electron chi connectivity index (χ4n) is 2.91. The Morgan fingerprint density at radius 1 is 1.12 bits per heavy atom. The number of pyridine rings is 1. The Kier molecular flexibility index (Phi) is 3.45. The van der Waals surface area contributed by atoms with E-state index in [0.717, 1.165) is 30.1 Å². The highest BCUT2D eigenvalue weighted by atomic mass is 19.4. The van der Waals surface area contributed by atoms with Gasteiger partial charge in [0.25, 0.3) is 0 Å². The number of morpholine rings is 1. The molecule has 2 aliphatic rings. The lowest BCUT2D eigenvalue weighted by atomic mass is 10.0. The topological polar surface area (TPSA) is 46.2 Å². The van der Waals surface area contributed by atoms with Crippen molar-refractivity contribution < 1.29 is 17.9 Å². The van der Waals surface area contributed by atoms with E-state index in [1.807, 2.05) is 24.3 Å². The van der Waals surface area contributed by atoms with Crippen molar-refractivity contribution >= 4 is 11.4 Å². The second-order valence-corrected chi connectivity index (χ2v) is 5.75. The van der Waals surface area contributed by atoms with E-state index >= 15 is 0 Å². The molecule has 2 atom stereocenters. The molecule has 1 aromatic heterocycles. The molecule has 2 aliphatic heterocycles. The highest BCUT2D eigenvalue weighted by Gasteiger charge is 2.35. The molecule has 4 rings (SSSR count). The quantitative estimate of drug-likeness (QED) is 0.898. The van der Waals surface area contributed by atoms with Gasteiger partial charge in [-0.2, -0.15) is 13.2 Å². The Labute approximate surface area is 136 Å². The molecule has 0 amide bonds. The predicted octanol–water partition coefficient (Wildman–Crippen LogP) is 3.77. The van der Waals surface area contributed by atoms with Gasteiger partial charge in [-0.05, 0) is 35.9 Å². The van der Waals surface area contributed by atoms with Crippen molar-refractivity contribution in [3.05, 3.63) is 65.7 Å². The predicted molar refractivity (Wildman–Crippen MR) is 82.7 cm³/mol. The molecule has 124 valence electrons. The van der Waals surface area contributed by atoms with E-state index in [2.05, 4.69) is 21.7 Å². The zero-order valence-corrected chi connectivity index (χ0v) is 12.5. The Balaban J connectivity index is 1.48. The molecule has 0 radical (unpaired) electrons. The second-order valence-electron chi connectivity index (χ2n) is 5.75. The minimum absolute atomic E-state index is 0.0412. The van der Waals surface area contributed by atoms with Crippen LogP contribution in [0.4, 0.5) is 24.5 Å². The standard InChI is InChI=1S/C17H14F3N3O/c18-17(19,20)15-7-12(5-6-21-15)23-11-3-1-10(2-4-11)16-14-8-13(24-16)9-22-14/h1-8,14,16,22H,9H2,(H,21,23)/t14-,16+/m0/s1. The second kappa shape index (κ2) is 5.52. The monoisotopic (exact) mass is 333 g/mol. The van der Waals surface area contributed by atoms with E-state index < -0.39 is 11.9 Å². The van der Waals surface area contributed by atoms with E-state index in [1.165, 1.54) is 6.07 Å². The van der Waals surface area contributed by atoms with Gasteiger partial charge in [-0.25, -0.2) is 0 Å². The van der Waals surface area contributed by atoms with Crippen LogP contribution < -0.4 is 10.6 Å². The number of aromatic nitrogens is 1. The number of alkyl halides is 3. The van der Waals surface area contributed by atoms with Crippen molar-refractivity contribution in [2.24, 2.45) is 0 Å². The van der Waals surface area contributed by atoms with Crippen LogP contribution in [0.25, 0.3) is 0 Å². The average molecular weight is 333 g/mol. The largest absolute Gasteiger partial charge is 0.487 e. The summed E-state index contributed by atoms with van der Waals surface area (Å²) in [5, 5.41) is 6.29. The summed E-state index contributed by atoms with van der Waals surface area (Å²) in [5.41, 5.74) is 1.14. The molecule has 2 bridgehead atoms. The zero-order chi connectivity index (χ0) is 16.7. The summed E-state index contributed by atoms with van der Waals surface area (Å²) in [6.45, 7) is 0.768. The van der Waals surface area contributed by atoms with Crippen LogP contribution in [0, 0.1) is 0 Å². The van der Waals surface area contributed by atoms with E-state index in [4.69, 9.17) is 4.74 Å². The number of fused-ring (bicyclic) bond motifs is 1. The van der Waals surface area contributed by atoms with Crippen LogP contribution in [0.3, 0.4) is 0 Å². The van der Waals surface area contributed by atoms with Crippen LogP contribution in [0.5, 0.6) is 0 Å². The van der Waals surface area contributed by atoms with Crippen LogP contribution in [-0.2, 0) is 10.9 Å². The summed E-state index contributed by atoms with van der Waals surface area (Å²) >= 11 is 0. The first-order valence-electron chi connectivity index (χ1n) is 7.50. The first-order valence-corrected chi connectivity index (χ1v) is 7.50. The average Bonchev–Trinajstić information content (AvgIpc) is 3.18. The number of nitrogens with one attached hydrogen (secondary N) is 2. The first-order chi connectivity index (χ1) is 11.5. The van der Waals surface area contributed by atoms with Gasteiger partial charge in [0.2, 0.25) is 0 Å². The van der Waals surface area contributed by atoms with Gasteiger partial charge in [0.1, 0.15) is 17.6 Å². The van der Waals surface area contributed by atoms with Crippen LogP contribution in [-0.4, -0.2) is 17.6 Å². The van der Waals surface area contributed by atoms with Gasteiger partial charge in [-0.3, -0.25) is 10.3 Å². The minimum Gasteiger partial charge on any atom is -0.487 e. The molecule has 0 unspecified atom stereocenters. The highest BCUT2D eigenvalue weighted by molar-refractivity contribution is 5.60. The molecule has 0 saturated heterocycles. The molecule has 1 aromatic carbocycles. The van der Waals surface area contributed by atoms with Crippen molar-refractivity contribution in [2.75, 3.05) is 11.9 Å². The molecule has 0 fully saturated rings. The van der Waals surface area contributed by atoms with Crippen molar-refractivity contribution in [1.82, 2.24) is 10.3 Å². The van der Waals surface area contributed by atoms with Crippen LogP contribution in [0.1, 0.15) is 17.4 Å². The van der Waals surface area contributed by atoms with Gasteiger partial charge >= 0.3 is 6.18 Å². The molecule has 7 heteroatoms. The number of nitrogens with zero attached hydrogens (tertiary/aromatic N) is 1. The van der Waals surface area contributed by atoms with Crippen molar-refractivity contribution in [3.63, 3.8) is 0 Å². The van der Waals surface area contributed by atoms with E-state index in [9.17, 15) is 13.2 Å². The Morgan fingerprint density at radius 3 is 2.54 bits per heavy atom. The van der Waals surface area contributed by atoms with Gasteiger partial charge in [0.15, 0.2) is 0 Å². The fraction of sp³-hybridized carbons (Fsp3) is 0.235. The summed E-state index contributed by atoms with van der Waals surface area (Å²) in [4.78, 5) is 3.35. The van der Waals surface area contributed by atoms with E-state index in [-0.39, 0.29) is 12.1 Å². The lowest BCUT2D eigenvalue weighted by Crippen LogP contribution is -2.33. The molecule has 0 aliphatic carbocycles. The van der Waals surface area contributed by atoms with Crippen molar-refractivity contribution in [3.8, 4) is 0 Å². The molecular weight excluding hydrogens is 319 g/mol. The summed E-state index contributed by atoms with van der Waals surface area (Å²) in [7, 11) is 0. The Morgan fingerprint density at radius 2 is 1.92 bits per heavy atom. The molecule has 0 saturated carbocycles. The molecule has 4 nitrogen and oxygen atoms in total. The lowest BCUT2D eigenvalue weighted by Gasteiger charge is -2.24. The lowest BCUT2D eigenvalue weighted by molar-refractivity contribution is -0.141. The molecule has 0 spiro atoms. The number of benzene rings is 1. The van der Waals surface area contributed by atoms with Gasteiger partial charge in [-0.15, -0.1) is 0 Å². The van der Waals surface area contributed by atoms with Gasteiger partial charge in [0.05, 0.1) is 12.6 Å². The number of hydrogen-bond acceptors (Lipinski definition) is 4. The smallest absolute Gasteiger partial charge is 0.433 e. The number of halogens is 3. The summed E-state index contributed by atoms with van der Waals surface area (Å²) in [6.07, 6.45) is -1.28. The molecule has 3 heterocycles. The van der Waals surface area contributed by atoms with Crippen LogP contribution in [0.15, 0.2) is 54.4 Å². The van der Waals surface area contributed by atoms with Gasteiger partial charge in [0, 0.05) is 17.6 Å². The maximum Gasteiger partial charge on any atom is 0.433 e. The Hall–Kier alpha value is -2.54. The fourth-order valence-corrected chi connectivity index (χ4v) is 2.91. The number of hydrogen-bond donors (Lipinski definition) is 2. The zero-order valence-electron chi connectivity index (χ0n) is 12.5. The van der Waals surface area contributed by atoms with Crippen molar-refractivity contribution in [2.45, 2.75) is 18.3 Å². The highest BCUT2D eigenvalue weighted by Crippen LogP contribution is 2.35. The summed E-state index contributed by atoms with van der Waals surface area (Å²) in [6, 6.07) is 10.1. The third-order valence-electron chi connectivity index (χ3n) is 4.06. The minimum atomic E-state index is -4.46. The van der Waals surface area contributed by atoms with Crippen LogP contribution in [0.2, 0.25) is 0 Å². The normalized spacial score (nSPS) is 22.2. The maximum absolute atomic E-state index is 12.7. The van der Waals surface area contributed by atoms with E-state index in [0.29, 0.717) is 11.4 Å². The third kappa shape index (κ3) is 2.82.